The number of carbonyl (C=O) groups excluding carboxylic acids is 1. The summed E-state index contributed by atoms with van der Waals surface area (Å²) in [6.07, 6.45) is -4.57. The molecule has 0 aliphatic rings. The van der Waals surface area contributed by atoms with Gasteiger partial charge in [0.15, 0.2) is 0 Å². The third kappa shape index (κ3) is 4.88. The zero-order chi connectivity index (χ0) is 14.3. The molecule has 0 bridgehead atoms. The average Bonchev–Trinajstić information content (AvgIpc) is 2.37. The Bertz CT molecular complexity index is 421. The van der Waals surface area contributed by atoms with E-state index in [9.17, 15) is 18.0 Å². The molecule has 1 aromatic rings. The molecule has 0 unspecified atom stereocenters. The van der Waals surface area contributed by atoms with Crippen molar-refractivity contribution < 1.29 is 27.8 Å². The van der Waals surface area contributed by atoms with E-state index in [1.54, 1.807) is 0 Å². The molecule has 0 aliphatic heterocycles. The van der Waals surface area contributed by atoms with Crippen LogP contribution in [-0.4, -0.2) is 37.4 Å². The summed E-state index contributed by atoms with van der Waals surface area (Å²) < 4.78 is 42.9. The van der Waals surface area contributed by atoms with Crippen molar-refractivity contribution in [1.29, 1.82) is 0 Å². The van der Waals surface area contributed by atoms with Gasteiger partial charge in [-0.2, -0.15) is 13.2 Å². The van der Waals surface area contributed by atoms with E-state index in [4.69, 9.17) is 9.84 Å². The lowest BCUT2D eigenvalue weighted by molar-refractivity contribution is -0.137. The number of carbonyl (C=O) groups is 1. The molecule has 0 aliphatic carbocycles. The van der Waals surface area contributed by atoms with Crippen molar-refractivity contribution in [2.24, 2.45) is 0 Å². The van der Waals surface area contributed by atoms with Crippen LogP contribution in [0.15, 0.2) is 24.3 Å². The van der Waals surface area contributed by atoms with E-state index in [1.807, 2.05) is 0 Å². The van der Waals surface area contributed by atoms with Gasteiger partial charge < -0.3 is 15.2 Å². The minimum Gasteiger partial charge on any atom is -0.394 e. The monoisotopic (exact) mass is 277 g/mol. The molecule has 4 nitrogen and oxygen atoms in total. The molecule has 0 aromatic heterocycles. The summed E-state index contributed by atoms with van der Waals surface area (Å²) in [5.74, 6) is -0.805. The molecule has 106 valence electrons. The van der Waals surface area contributed by atoms with E-state index in [1.165, 1.54) is 12.1 Å². The highest BCUT2D eigenvalue weighted by atomic mass is 19.4. The minimum atomic E-state index is -4.57. The predicted molar refractivity (Wildman–Crippen MR) is 61.7 cm³/mol. The molecule has 0 atom stereocenters. The van der Waals surface area contributed by atoms with Crippen molar-refractivity contribution in [3.05, 3.63) is 35.4 Å². The first-order chi connectivity index (χ1) is 8.96. The van der Waals surface area contributed by atoms with Gasteiger partial charge in [0.25, 0.3) is 5.91 Å². The maximum absolute atomic E-state index is 12.7. The van der Waals surface area contributed by atoms with E-state index < -0.39 is 23.2 Å². The zero-order valence-electron chi connectivity index (χ0n) is 10.0. The Hall–Kier alpha value is -1.60. The molecule has 1 rings (SSSR count). The smallest absolute Gasteiger partial charge is 0.394 e. The SMILES string of the molecule is O=C(NCCOCCO)c1ccccc1C(F)(F)F. The van der Waals surface area contributed by atoms with E-state index >= 15 is 0 Å². The predicted octanol–water partition coefficient (Wildman–Crippen LogP) is 1.44. The van der Waals surface area contributed by atoms with Gasteiger partial charge in [-0.15, -0.1) is 0 Å². The number of benzene rings is 1. The molecule has 0 spiro atoms. The van der Waals surface area contributed by atoms with Gasteiger partial charge in [-0.3, -0.25) is 4.79 Å². The van der Waals surface area contributed by atoms with Crippen LogP contribution in [0.2, 0.25) is 0 Å². The first-order valence-corrected chi connectivity index (χ1v) is 5.60. The van der Waals surface area contributed by atoms with Crippen LogP contribution in [0.25, 0.3) is 0 Å². The molecule has 2 N–H and O–H groups in total. The highest BCUT2D eigenvalue weighted by Crippen LogP contribution is 2.31. The van der Waals surface area contributed by atoms with Gasteiger partial charge in [0.1, 0.15) is 0 Å². The maximum Gasteiger partial charge on any atom is 0.417 e. The third-order valence-corrected chi connectivity index (χ3v) is 2.24. The Morgan fingerprint density at radius 3 is 2.58 bits per heavy atom. The van der Waals surface area contributed by atoms with E-state index in [0.717, 1.165) is 12.1 Å². The fraction of sp³-hybridized carbons (Fsp3) is 0.417. The number of ether oxygens (including phenoxy) is 1. The zero-order valence-corrected chi connectivity index (χ0v) is 10.0. The molecule has 0 radical (unpaired) electrons. The lowest BCUT2D eigenvalue weighted by atomic mass is 10.1. The number of amides is 1. The molecular weight excluding hydrogens is 263 g/mol. The number of hydrogen-bond acceptors (Lipinski definition) is 3. The first-order valence-electron chi connectivity index (χ1n) is 5.60. The topological polar surface area (TPSA) is 58.6 Å². The Labute approximate surface area is 108 Å². The van der Waals surface area contributed by atoms with Crippen LogP contribution in [0.5, 0.6) is 0 Å². The maximum atomic E-state index is 12.7. The summed E-state index contributed by atoms with van der Waals surface area (Å²) in [5, 5.41) is 10.8. The van der Waals surface area contributed by atoms with Crippen LogP contribution in [0.1, 0.15) is 15.9 Å². The van der Waals surface area contributed by atoms with Crippen LogP contribution in [0.3, 0.4) is 0 Å². The Morgan fingerprint density at radius 2 is 1.95 bits per heavy atom. The second kappa shape index (κ2) is 7.10. The number of halogens is 3. The Kier molecular flexibility index (Phi) is 5.78. The highest BCUT2D eigenvalue weighted by molar-refractivity contribution is 5.95. The van der Waals surface area contributed by atoms with E-state index in [0.29, 0.717) is 0 Å². The summed E-state index contributed by atoms with van der Waals surface area (Å²) in [4.78, 5) is 11.6. The fourth-order valence-electron chi connectivity index (χ4n) is 1.43. The first kappa shape index (κ1) is 15.5. The summed E-state index contributed by atoms with van der Waals surface area (Å²) in [6.45, 7) is 0.172. The molecule has 0 saturated heterocycles. The molecular formula is C12H14F3NO3. The van der Waals surface area contributed by atoms with Crippen molar-refractivity contribution in [3.63, 3.8) is 0 Å². The van der Waals surface area contributed by atoms with Gasteiger partial charge in [-0.25, -0.2) is 0 Å². The number of aliphatic hydroxyl groups excluding tert-OH is 1. The number of rotatable bonds is 6. The second-order valence-electron chi connectivity index (χ2n) is 3.64. The standard InChI is InChI=1S/C12H14F3NO3/c13-12(14,15)10-4-2-1-3-9(10)11(18)16-5-7-19-8-6-17/h1-4,17H,5-8H2,(H,16,18). The minimum absolute atomic E-state index is 0.0744. The number of alkyl halides is 3. The average molecular weight is 277 g/mol. The Morgan fingerprint density at radius 1 is 1.26 bits per heavy atom. The van der Waals surface area contributed by atoms with Crippen molar-refractivity contribution in [2.75, 3.05) is 26.4 Å². The molecule has 1 aromatic carbocycles. The fourth-order valence-corrected chi connectivity index (χ4v) is 1.43. The van der Waals surface area contributed by atoms with Crippen LogP contribution in [0, 0.1) is 0 Å². The second-order valence-corrected chi connectivity index (χ2v) is 3.64. The molecule has 1 amide bonds. The largest absolute Gasteiger partial charge is 0.417 e. The van der Waals surface area contributed by atoms with Crippen LogP contribution in [-0.2, 0) is 10.9 Å². The summed E-state index contributed by atoms with van der Waals surface area (Å²) in [7, 11) is 0. The third-order valence-electron chi connectivity index (χ3n) is 2.24. The molecule has 0 heterocycles. The van der Waals surface area contributed by atoms with Crippen molar-refractivity contribution in [3.8, 4) is 0 Å². The van der Waals surface area contributed by atoms with E-state index in [2.05, 4.69) is 5.32 Å². The number of aliphatic hydroxyl groups is 1. The van der Waals surface area contributed by atoms with Gasteiger partial charge in [0.05, 0.1) is 30.9 Å². The van der Waals surface area contributed by atoms with Gasteiger partial charge in [0.2, 0.25) is 0 Å². The molecule has 0 fully saturated rings. The summed E-state index contributed by atoms with van der Waals surface area (Å²) >= 11 is 0. The van der Waals surface area contributed by atoms with Crippen molar-refractivity contribution in [2.45, 2.75) is 6.18 Å². The molecule has 19 heavy (non-hydrogen) atoms. The number of nitrogens with one attached hydrogen (secondary N) is 1. The Balaban J connectivity index is 2.62. The summed E-state index contributed by atoms with van der Waals surface area (Å²) in [5.41, 5.74) is -1.39. The molecule has 0 saturated carbocycles. The highest BCUT2D eigenvalue weighted by Gasteiger charge is 2.34. The van der Waals surface area contributed by atoms with Crippen LogP contribution < -0.4 is 5.32 Å². The van der Waals surface area contributed by atoms with Gasteiger partial charge in [-0.05, 0) is 12.1 Å². The number of hydrogen-bond donors (Lipinski definition) is 2. The van der Waals surface area contributed by atoms with Crippen molar-refractivity contribution in [1.82, 2.24) is 5.32 Å². The molecule has 7 heteroatoms. The van der Waals surface area contributed by atoms with E-state index in [-0.39, 0.29) is 26.4 Å². The van der Waals surface area contributed by atoms with Gasteiger partial charge in [-0.1, -0.05) is 12.1 Å². The normalized spacial score (nSPS) is 11.4. The van der Waals surface area contributed by atoms with Crippen LogP contribution >= 0.6 is 0 Å². The van der Waals surface area contributed by atoms with Crippen LogP contribution in [0.4, 0.5) is 13.2 Å². The summed E-state index contributed by atoms with van der Waals surface area (Å²) in [6, 6.07) is 4.57. The lowest BCUT2D eigenvalue weighted by Gasteiger charge is -2.12. The van der Waals surface area contributed by atoms with Gasteiger partial charge in [0, 0.05) is 6.54 Å². The van der Waals surface area contributed by atoms with Crippen molar-refractivity contribution >= 4 is 5.91 Å². The quantitative estimate of drug-likeness (QED) is 0.774. The van der Waals surface area contributed by atoms with Gasteiger partial charge >= 0.3 is 6.18 Å². The lowest BCUT2D eigenvalue weighted by Crippen LogP contribution is -2.29.